The van der Waals surface area contributed by atoms with Crippen molar-refractivity contribution in [2.24, 2.45) is 0 Å². The van der Waals surface area contributed by atoms with Gasteiger partial charge >= 0.3 is 11.7 Å². The number of esters is 1. The van der Waals surface area contributed by atoms with Crippen molar-refractivity contribution < 1.29 is 9.53 Å². The van der Waals surface area contributed by atoms with E-state index in [1.807, 2.05) is 0 Å². The molecule has 0 saturated heterocycles. The number of ether oxygens (including phenoxy) is 1. The Kier molecular flexibility index (Phi) is 4.96. The lowest BCUT2D eigenvalue weighted by molar-refractivity contribution is -0.139. The molecular weight excluding hydrogens is 254 g/mol. The van der Waals surface area contributed by atoms with Gasteiger partial charge in [0.15, 0.2) is 5.16 Å². The number of hydrogen-bond donors (Lipinski definition) is 1. The lowest BCUT2D eigenvalue weighted by Crippen LogP contribution is -2.22. The highest BCUT2D eigenvalue weighted by molar-refractivity contribution is 8.00. The van der Waals surface area contributed by atoms with E-state index in [4.69, 9.17) is 0 Å². The van der Waals surface area contributed by atoms with E-state index in [0.29, 0.717) is 17.3 Å². The number of hydrogen-bond acceptors (Lipinski definition) is 5. The molecule has 1 atom stereocenters. The molecule has 98 valence electrons. The Hall–Kier alpha value is -1.76. The molecule has 7 heteroatoms. The minimum atomic E-state index is -0.589. The van der Waals surface area contributed by atoms with Crippen LogP contribution < -0.4 is 5.69 Å². The predicted octanol–water partition coefficient (Wildman–Crippen LogP) is 0.967. The topological polar surface area (TPSA) is 77.0 Å². The quantitative estimate of drug-likeness (QED) is 0.473. The molecule has 1 rings (SSSR count). The number of methoxy groups -OCH3 is 1. The van der Waals surface area contributed by atoms with Gasteiger partial charge in [-0.05, 0) is 6.92 Å². The molecule has 0 spiro atoms. The van der Waals surface area contributed by atoms with E-state index in [-0.39, 0.29) is 5.69 Å². The van der Waals surface area contributed by atoms with Gasteiger partial charge in [-0.3, -0.25) is 9.36 Å². The van der Waals surface area contributed by atoms with Gasteiger partial charge < -0.3 is 4.74 Å². The molecule has 18 heavy (non-hydrogen) atoms. The highest BCUT2D eigenvalue weighted by Crippen LogP contribution is 2.25. The van der Waals surface area contributed by atoms with Crippen molar-refractivity contribution in [2.45, 2.75) is 23.9 Å². The third-order valence-electron chi connectivity index (χ3n) is 2.12. The van der Waals surface area contributed by atoms with Crippen molar-refractivity contribution in [2.75, 3.05) is 7.11 Å². The number of rotatable bonds is 6. The van der Waals surface area contributed by atoms with Crippen LogP contribution in [0.15, 0.2) is 34.8 Å². The monoisotopic (exact) mass is 269 g/mol. The van der Waals surface area contributed by atoms with Crippen LogP contribution >= 0.6 is 11.8 Å². The number of thioether (sulfide) groups is 1. The summed E-state index contributed by atoms with van der Waals surface area (Å²) in [6.07, 6.45) is 1.58. The van der Waals surface area contributed by atoms with Crippen LogP contribution in [0.2, 0.25) is 0 Å². The molecule has 0 aliphatic carbocycles. The molecule has 0 aliphatic heterocycles. The normalized spacial score (nSPS) is 11.9. The van der Waals surface area contributed by atoms with Gasteiger partial charge in [-0.25, -0.2) is 9.89 Å². The van der Waals surface area contributed by atoms with Crippen molar-refractivity contribution in [3.63, 3.8) is 0 Å². The first-order valence-electron chi connectivity index (χ1n) is 5.17. The van der Waals surface area contributed by atoms with Crippen LogP contribution in [0, 0.1) is 0 Å². The lowest BCUT2D eigenvalue weighted by atomic mass is 10.2. The number of nitrogens with zero attached hydrogens (tertiary/aromatic N) is 2. The van der Waals surface area contributed by atoms with Crippen LogP contribution in [-0.4, -0.2) is 33.1 Å². The van der Waals surface area contributed by atoms with Crippen LogP contribution in [0.5, 0.6) is 0 Å². The fourth-order valence-electron chi connectivity index (χ4n) is 1.25. The Morgan fingerprint density at radius 2 is 2.39 bits per heavy atom. The minimum absolute atomic E-state index is 0.321. The molecule has 1 aromatic rings. The first kappa shape index (κ1) is 14.3. The van der Waals surface area contributed by atoms with E-state index in [1.54, 1.807) is 13.0 Å². The summed E-state index contributed by atoms with van der Waals surface area (Å²) in [4.78, 5) is 23.1. The Morgan fingerprint density at radius 1 is 1.72 bits per heavy atom. The molecule has 0 bridgehead atoms. The zero-order chi connectivity index (χ0) is 13.7. The van der Waals surface area contributed by atoms with E-state index in [2.05, 4.69) is 28.1 Å². The summed E-state index contributed by atoms with van der Waals surface area (Å²) in [5.41, 5.74) is 0.287. The van der Waals surface area contributed by atoms with Crippen LogP contribution in [0.25, 0.3) is 0 Å². The number of carbonyl (C=O) groups is 1. The molecule has 6 nitrogen and oxygen atoms in total. The van der Waals surface area contributed by atoms with Gasteiger partial charge in [-0.15, -0.1) is 11.7 Å². The van der Waals surface area contributed by atoms with Gasteiger partial charge in [0.05, 0.1) is 7.11 Å². The van der Waals surface area contributed by atoms with E-state index >= 15 is 0 Å². The molecule has 0 aliphatic rings. The van der Waals surface area contributed by atoms with Crippen LogP contribution in [0.1, 0.15) is 6.92 Å². The standard InChI is InChI=1S/C11H15N3O3S/c1-5-6-14-10(16)12-13-11(14)18-8(7(2)3)9(15)17-4/h5,8H,1-2,6H2,3-4H3,(H,12,16). The van der Waals surface area contributed by atoms with E-state index < -0.39 is 11.2 Å². The summed E-state index contributed by atoms with van der Waals surface area (Å²) in [6.45, 7) is 9.34. The van der Waals surface area contributed by atoms with Gasteiger partial charge in [0.2, 0.25) is 0 Å². The Balaban J connectivity index is 3.01. The molecule has 0 amide bonds. The predicted molar refractivity (Wildman–Crippen MR) is 69.5 cm³/mol. The number of allylic oxidation sites excluding steroid dienone is 1. The third-order valence-corrected chi connectivity index (χ3v) is 3.47. The maximum atomic E-state index is 11.6. The molecule has 1 N–H and O–H groups in total. The molecule has 1 unspecified atom stereocenters. The second kappa shape index (κ2) is 6.25. The van der Waals surface area contributed by atoms with Gasteiger partial charge in [0.1, 0.15) is 5.25 Å². The largest absolute Gasteiger partial charge is 0.468 e. The Bertz CT molecular complexity index is 518. The molecule has 0 fully saturated rings. The van der Waals surface area contributed by atoms with Crippen LogP contribution in [0.4, 0.5) is 0 Å². The number of nitrogens with one attached hydrogen (secondary N) is 1. The summed E-state index contributed by atoms with van der Waals surface area (Å²) in [5, 5.41) is 6.01. The number of aromatic nitrogens is 3. The van der Waals surface area contributed by atoms with Crippen molar-refractivity contribution in [3.05, 3.63) is 35.3 Å². The Labute approximate surface area is 109 Å². The summed E-state index contributed by atoms with van der Waals surface area (Å²) < 4.78 is 6.07. The van der Waals surface area contributed by atoms with Crippen LogP contribution in [0.3, 0.4) is 0 Å². The summed E-state index contributed by atoms with van der Waals surface area (Å²) in [6, 6.07) is 0. The van der Waals surface area contributed by atoms with Crippen molar-refractivity contribution in [1.29, 1.82) is 0 Å². The molecule has 0 radical (unpaired) electrons. The average Bonchev–Trinajstić information content (AvgIpc) is 2.67. The fraction of sp³-hybridized carbons (Fsp3) is 0.364. The molecule has 1 heterocycles. The number of aromatic amines is 1. The SMILES string of the molecule is C=CCn1c(SC(C(=C)C)C(=O)OC)n[nH]c1=O. The average molecular weight is 269 g/mol. The zero-order valence-corrected chi connectivity index (χ0v) is 11.1. The van der Waals surface area contributed by atoms with Crippen molar-refractivity contribution in [3.8, 4) is 0 Å². The number of H-pyrrole nitrogens is 1. The van der Waals surface area contributed by atoms with Crippen LogP contribution in [-0.2, 0) is 16.1 Å². The zero-order valence-electron chi connectivity index (χ0n) is 10.3. The van der Waals surface area contributed by atoms with Gasteiger partial charge in [-0.1, -0.05) is 30.0 Å². The summed E-state index contributed by atoms with van der Waals surface area (Å²) >= 11 is 1.12. The van der Waals surface area contributed by atoms with Crippen molar-refractivity contribution in [1.82, 2.24) is 14.8 Å². The first-order valence-corrected chi connectivity index (χ1v) is 6.05. The molecule has 0 aromatic carbocycles. The minimum Gasteiger partial charge on any atom is -0.468 e. The fourth-order valence-corrected chi connectivity index (χ4v) is 2.23. The van der Waals surface area contributed by atoms with E-state index in [9.17, 15) is 9.59 Å². The Morgan fingerprint density at radius 3 is 2.89 bits per heavy atom. The molecule has 0 saturated carbocycles. The van der Waals surface area contributed by atoms with E-state index in [1.165, 1.54) is 11.7 Å². The van der Waals surface area contributed by atoms with Gasteiger partial charge in [0, 0.05) is 6.54 Å². The van der Waals surface area contributed by atoms with E-state index in [0.717, 1.165) is 11.8 Å². The second-order valence-corrected chi connectivity index (χ2v) is 4.65. The van der Waals surface area contributed by atoms with Gasteiger partial charge in [-0.2, -0.15) is 0 Å². The first-order chi connectivity index (χ1) is 8.51. The lowest BCUT2D eigenvalue weighted by Gasteiger charge is -2.13. The highest BCUT2D eigenvalue weighted by Gasteiger charge is 2.24. The maximum Gasteiger partial charge on any atom is 0.344 e. The maximum absolute atomic E-state index is 11.6. The molecule has 1 aromatic heterocycles. The molecular formula is C11H15N3O3S. The smallest absolute Gasteiger partial charge is 0.344 e. The number of carbonyl (C=O) groups excluding carboxylic acids is 1. The summed E-state index contributed by atoms with van der Waals surface area (Å²) in [7, 11) is 1.31. The van der Waals surface area contributed by atoms with Gasteiger partial charge in [0.25, 0.3) is 0 Å². The summed E-state index contributed by atoms with van der Waals surface area (Å²) in [5.74, 6) is -0.423. The second-order valence-electron chi connectivity index (χ2n) is 3.58. The third kappa shape index (κ3) is 3.13. The highest BCUT2D eigenvalue weighted by atomic mass is 32.2. The van der Waals surface area contributed by atoms with Crippen molar-refractivity contribution >= 4 is 17.7 Å².